The van der Waals surface area contributed by atoms with Gasteiger partial charge >= 0.3 is 0 Å². The third kappa shape index (κ3) is 6.79. The van der Waals surface area contributed by atoms with Crippen molar-refractivity contribution in [3.63, 3.8) is 0 Å². The fourth-order valence-electron chi connectivity index (χ4n) is 5.83. The molecular formula is C34H44N6O. The summed E-state index contributed by atoms with van der Waals surface area (Å²) in [5, 5.41) is 14.0. The van der Waals surface area contributed by atoms with Crippen molar-refractivity contribution in [3.05, 3.63) is 89.1 Å². The Hall–Kier alpha value is -3.71. The molecule has 41 heavy (non-hydrogen) atoms. The summed E-state index contributed by atoms with van der Waals surface area (Å²) in [6, 6.07) is 16.6. The molecule has 1 amide bonds. The first-order valence-electron chi connectivity index (χ1n) is 15.2. The normalized spacial score (nSPS) is 13.8. The molecule has 0 saturated heterocycles. The molecule has 1 atom stereocenters. The highest BCUT2D eigenvalue weighted by atomic mass is 16.2. The maximum atomic E-state index is 13.2. The highest BCUT2D eigenvalue weighted by molar-refractivity contribution is 5.86. The molecule has 7 heteroatoms. The third-order valence-electron chi connectivity index (χ3n) is 8.17. The first-order chi connectivity index (χ1) is 19.8. The number of nitrogens with one attached hydrogen (secondary N) is 2. The Bertz CT molecular complexity index is 1500. The van der Waals surface area contributed by atoms with Crippen LogP contribution in [0.5, 0.6) is 0 Å². The second-order valence-corrected chi connectivity index (χ2v) is 11.9. The van der Waals surface area contributed by atoms with Gasteiger partial charge in [0.15, 0.2) is 5.82 Å². The van der Waals surface area contributed by atoms with E-state index in [9.17, 15) is 4.79 Å². The van der Waals surface area contributed by atoms with E-state index in [2.05, 4.69) is 82.6 Å². The number of aromatic nitrogens is 4. The monoisotopic (exact) mass is 552 g/mol. The van der Waals surface area contributed by atoms with Crippen LogP contribution in [0, 0.1) is 0 Å². The SMILES string of the molecule is CCCCCCn1c(CCCc2c[nH]c3ccccc23)nnc1[C@@H](CC1=CCc2ccccc21)NC(=O)C(C)(C)N. The molecule has 2 aromatic heterocycles. The van der Waals surface area contributed by atoms with Crippen LogP contribution in [0.15, 0.2) is 60.8 Å². The van der Waals surface area contributed by atoms with Gasteiger partial charge in [0.1, 0.15) is 5.82 Å². The molecule has 2 heterocycles. The minimum atomic E-state index is -0.992. The molecule has 1 aliphatic carbocycles. The number of hydrogen-bond acceptors (Lipinski definition) is 4. The van der Waals surface area contributed by atoms with Gasteiger partial charge in [-0.3, -0.25) is 4.79 Å². The van der Waals surface area contributed by atoms with Gasteiger partial charge in [0, 0.05) is 36.5 Å². The van der Waals surface area contributed by atoms with E-state index in [-0.39, 0.29) is 11.9 Å². The van der Waals surface area contributed by atoms with E-state index in [0.717, 1.165) is 56.7 Å². The van der Waals surface area contributed by atoms with Gasteiger partial charge in [0.2, 0.25) is 5.91 Å². The van der Waals surface area contributed by atoms with Crippen molar-refractivity contribution in [2.45, 2.75) is 96.7 Å². The summed E-state index contributed by atoms with van der Waals surface area (Å²) >= 11 is 0. The number of para-hydroxylation sites is 1. The zero-order valence-corrected chi connectivity index (χ0v) is 24.7. The lowest BCUT2D eigenvalue weighted by atomic mass is 9.98. The molecule has 0 aliphatic heterocycles. The average Bonchev–Trinajstić information content (AvgIpc) is 3.68. The number of fused-ring (bicyclic) bond motifs is 2. The Morgan fingerprint density at radius 2 is 1.85 bits per heavy atom. The summed E-state index contributed by atoms with van der Waals surface area (Å²) in [4.78, 5) is 16.6. The molecule has 216 valence electrons. The minimum Gasteiger partial charge on any atom is -0.361 e. The molecule has 0 fully saturated rings. The van der Waals surface area contributed by atoms with Crippen LogP contribution in [0.25, 0.3) is 16.5 Å². The highest BCUT2D eigenvalue weighted by Gasteiger charge is 2.30. The summed E-state index contributed by atoms with van der Waals surface area (Å²) in [6.45, 7) is 6.57. The molecule has 7 nitrogen and oxygen atoms in total. The van der Waals surface area contributed by atoms with Crippen LogP contribution in [-0.4, -0.2) is 31.2 Å². The van der Waals surface area contributed by atoms with Crippen molar-refractivity contribution < 1.29 is 4.79 Å². The number of H-pyrrole nitrogens is 1. The van der Waals surface area contributed by atoms with E-state index in [1.165, 1.54) is 46.0 Å². The number of benzene rings is 2. The number of allylic oxidation sites excluding steroid dienone is 1. The number of amides is 1. The second kappa shape index (κ2) is 12.9. The predicted molar refractivity (Wildman–Crippen MR) is 166 cm³/mol. The van der Waals surface area contributed by atoms with Crippen molar-refractivity contribution in [2.24, 2.45) is 5.73 Å². The van der Waals surface area contributed by atoms with Crippen LogP contribution in [0.4, 0.5) is 0 Å². The van der Waals surface area contributed by atoms with Gasteiger partial charge < -0.3 is 20.6 Å². The standard InChI is InChI=1S/C34H44N6O/c1-4-5-6-11-21-40-31(18-12-14-26-23-36-29-17-10-9-16-28(26)29)38-39-32(40)30(37-33(41)34(2,3)35)22-25-20-19-24-13-7-8-15-27(24)25/h7-10,13,15-17,20,23,30,36H,4-6,11-12,14,18-19,21-22,35H2,1-3H3,(H,37,41)/t30-/m1/s1. The number of nitrogens with zero attached hydrogens (tertiary/aromatic N) is 3. The molecule has 0 spiro atoms. The zero-order chi connectivity index (χ0) is 28.8. The number of hydrogen-bond donors (Lipinski definition) is 3. The minimum absolute atomic E-state index is 0.184. The van der Waals surface area contributed by atoms with E-state index >= 15 is 0 Å². The van der Waals surface area contributed by atoms with Crippen LogP contribution in [-0.2, 0) is 30.6 Å². The number of nitrogens with two attached hydrogens (primary N) is 1. The molecule has 0 unspecified atom stereocenters. The smallest absolute Gasteiger partial charge is 0.240 e. The number of carbonyl (C=O) groups excluding carboxylic acids is 1. The van der Waals surface area contributed by atoms with Crippen molar-refractivity contribution in [3.8, 4) is 0 Å². The van der Waals surface area contributed by atoms with Gasteiger partial charge in [-0.25, -0.2) is 0 Å². The number of rotatable bonds is 14. The zero-order valence-electron chi connectivity index (χ0n) is 24.7. The summed E-state index contributed by atoms with van der Waals surface area (Å²) < 4.78 is 2.28. The van der Waals surface area contributed by atoms with E-state index in [4.69, 9.17) is 15.9 Å². The maximum absolute atomic E-state index is 13.2. The molecule has 4 aromatic rings. The fraction of sp³-hybridized carbons (Fsp3) is 0.441. The Kier molecular flexibility index (Phi) is 9.03. The summed E-state index contributed by atoms with van der Waals surface area (Å²) in [7, 11) is 0. The Morgan fingerprint density at radius 3 is 2.68 bits per heavy atom. The van der Waals surface area contributed by atoms with Gasteiger partial charge in [-0.1, -0.05) is 74.7 Å². The lowest BCUT2D eigenvalue weighted by molar-refractivity contribution is -0.126. The van der Waals surface area contributed by atoms with Gasteiger partial charge in [-0.05, 0) is 67.9 Å². The quantitative estimate of drug-likeness (QED) is 0.157. The fourth-order valence-corrected chi connectivity index (χ4v) is 5.83. The van der Waals surface area contributed by atoms with Crippen LogP contribution in [0.3, 0.4) is 0 Å². The van der Waals surface area contributed by atoms with Gasteiger partial charge in [0.05, 0.1) is 11.6 Å². The number of carbonyl (C=O) groups is 1. The molecule has 0 saturated carbocycles. The van der Waals surface area contributed by atoms with Crippen molar-refractivity contribution in [2.75, 3.05) is 0 Å². The summed E-state index contributed by atoms with van der Waals surface area (Å²) in [5.74, 6) is 1.63. The first-order valence-corrected chi connectivity index (χ1v) is 15.2. The molecule has 5 rings (SSSR count). The molecule has 0 bridgehead atoms. The number of unbranched alkanes of at least 4 members (excludes halogenated alkanes) is 3. The molecular weight excluding hydrogens is 508 g/mol. The third-order valence-corrected chi connectivity index (χ3v) is 8.17. The Labute approximate surface area is 243 Å². The Balaban J connectivity index is 1.40. The lowest BCUT2D eigenvalue weighted by Crippen LogP contribution is -2.50. The largest absolute Gasteiger partial charge is 0.361 e. The molecule has 2 aromatic carbocycles. The van der Waals surface area contributed by atoms with E-state index in [1.54, 1.807) is 13.8 Å². The van der Waals surface area contributed by atoms with Gasteiger partial charge in [-0.15, -0.1) is 10.2 Å². The van der Waals surface area contributed by atoms with E-state index in [0.29, 0.717) is 6.42 Å². The lowest BCUT2D eigenvalue weighted by Gasteiger charge is -2.25. The molecule has 1 aliphatic rings. The van der Waals surface area contributed by atoms with E-state index in [1.807, 2.05) is 0 Å². The van der Waals surface area contributed by atoms with Crippen molar-refractivity contribution in [1.29, 1.82) is 0 Å². The first kappa shape index (κ1) is 28.8. The average molecular weight is 553 g/mol. The maximum Gasteiger partial charge on any atom is 0.240 e. The van der Waals surface area contributed by atoms with Crippen molar-refractivity contribution >= 4 is 22.4 Å². The second-order valence-electron chi connectivity index (χ2n) is 11.9. The topological polar surface area (TPSA) is 102 Å². The molecule has 0 radical (unpaired) electrons. The summed E-state index contributed by atoms with van der Waals surface area (Å²) in [5.41, 5.74) is 11.6. The van der Waals surface area contributed by atoms with Crippen LogP contribution >= 0.6 is 0 Å². The van der Waals surface area contributed by atoms with Crippen LogP contribution < -0.4 is 11.1 Å². The molecule has 4 N–H and O–H groups in total. The number of aryl methyl sites for hydroxylation is 2. The van der Waals surface area contributed by atoms with Gasteiger partial charge in [-0.2, -0.15) is 0 Å². The van der Waals surface area contributed by atoms with Gasteiger partial charge in [0.25, 0.3) is 0 Å². The Morgan fingerprint density at radius 1 is 1.05 bits per heavy atom. The summed E-state index contributed by atoms with van der Waals surface area (Å²) in [6.07, 6.45) is 13.3. The van der Waals surface area contributed by atoms with Crippen LogP contribution in [0.2, 0.25) is 0 Å². The van der Waals surface area contributed by atoms with E-state index < -0.39 is 5.54 Å². The van der Waals surface area contributed by atoms with Crippen molar-refractivity contribution in [1.82, 2.24) is 25.1 Å². The van der Waals surface area contributed by atoms with Crippen LogP contribution in [0.1, 0.15) is 93.7 Å². The highest BCUT2D eigenvalue weighted by Crippen LogP contribution is 2.34. The predicted octanol–water partition coefficient (Wildman–Crippen LogP) is 6.44. The number of aromatic amines is 1.